The van der Waals surface area contributed by atoms with Gasteiger partial charge in [0.15, 0.2) is 0 Å². The van der Waals surface area contributed by atoms with Crippen molar-refractivity contribution in [1.82, 2.24) is 0 Å². The van der Waals surface area contributed by atoms with Crippen LogP contribution in [0.3, 0.4) is 0 Å². The summed E-state index contributed by atoms with van der Waals surface area (Å²) in [6.45, 7) is 0.688. The van der Waals surface area contributed by atoms with E-state index in [0.717, 1.165) is 24.3 Å². The number of likely N-dealkylation sites (N-methyl/N-ethyl adjacent to an activating group) is 1. The fourth-order valence-electron chi connectivity index (χ4n) is 2.35. The smallest absolute Gasteiger partial charge is 0.120 e. The third-order valence-corrected chi connectivity index (χ3v) is 3.71. The van der Waals surface area contributed by atoms with Crippen molar-refractivity contribution in [2.75, 3.05) is 32.2 Å². The van der Waals surface area contributed by atoms with Crippen LogP contribution in [0.5, 0.6) is 5.75 Å². The molecule has 4 heteroatoms. The van der Waals surface area contributed by atoms with E-state index in [0.29, 0.717) is 12.5 Å². The van der Waals surface area contributed by atoms with Gasteiger partial charge in [-0.15, -0.1) is 0 Å². The number of aliphatic hydroxyl groups excluding tert-OH is 1. The van der Waals surface area contributed by atoms with Gasteiger partial charge in [0.25, 0.3) is 0 Å². The zero-order valence-corrected chi connectivity index (χ0v) is 11.1. The molecule has 0 amide bonds. The topological polar surface area (TPSA) is 58.7 Å². The van der Waals surface area contributed by atoms with Crippen LogP contribution in [0.4, 0.5) is 5.69 Å². The molecule has 1 aromatic carbocycles. The van der Waals surface area contributed by atoms with E-state index in [1.807, 2.05) is 31.3 Å². The van der Waals surface area contributed by atoms with E-state index in [1.165, 1.54) is 0 Å². The van der Waals surface area contributed by atoms with Crippen molar-refractivity contribution < 1.29 is 9.84 Å². The lowest BCUT2D eigenvalue weighted by Crippen LogP contribution is -2.54. The molecule has 1 aliphatic carbocycles. The molecule has 100 valence electrons. The van der Waals surface area contributed by atoms with Crippen LogP contribution in [0.2, 0.25) is 0 Å². The number of nitrogens with two attached hydrogens (primary N) is 1. The molecule has 1 atom stereocenters. The molecule has 0 spiro atoms. The summed E-state index contributed by atoms with van der Waals surface area (Å²) in [4.78, 5) is 2.08. The average molecular weight is 250 g/mol. The first kappa shape index (κ1) is 13.2. The van der Waals surface area contributed by atoms with Crippen LogP contribution < -0.4 is 15.4 Å². The molecule has 0 saturated heterocycles. The third-order valence-electron chi connectivity index (χ3n) is 3.71. The lowest BCUT2D eigenvalue weighted by Gasteiger charge is -2.33. The quantitative estimate of drug-likeness (QED) is 0.797. The van der Waals surface area contributed by atoms with Crippen molar-refractivity contribution in [3.05, 3.63) is 24.3 Å². The molecule has 1 saturated carbocycles. The minimum absolute atomic E-state index is 0.0337. The maximum absolute atomic E-state index is 9.52. The Morgan fingerprint density at radius 2 is 2.22 bits per heavy atom. The van der Waals surface area contributed by atoms with E-state index in [1.54, 1.807) is 7.11 Å². The van der Waals surface area contributed by atoms with Gasteiger partial charge >= 0.3 is 0 Å². The Balaban J connectivity index is 2.08. The Morgan fingerprint density at radius 3 is 2.78 bits per heavy atom. The standard InChI is InChI=1S/C14H22N2O2/c1-16(9-14(15,10-17)11-6-7-11)12-4-3-5-13(8-12)18-2/h3-5,8,11,17H,6-7,9-10,15H2,1-2H3. The monoisotopic (exact) mass is 250 g/mol. The molecule has 3 N–H and O–H groups in total. The van der Waals surface area contributed by atoms with E-state index in [2.05, 4.69) is 4.90 Å². The first-order valence-electron chi connectivity index (χ1n) is 6.34. The lowest BCUT2D eigenvalue weighted by molar-refractivity contribution is 0.181. The van der Waals surface area contributed by atoms with Gasteiger partial charge in [-0.05, 0) is 30.9 Å². The van der Waals surface area contributed by atoms with Crippen LogP contribution >= 0.6 is 0 Å². The fourth-order valence-corrected chi connectivity index (χ4v) is 2.35. The summed E-state index contributed by atoms with van der Waals surface area (Å²) < 4.78 is 5.21. The molecule has 2 rings (SSSR count). The summed E-state index contributed by atoms with van der Waals surface area (Å²) in [5, 5.41) is 9.52. The van der Waals surface area contributed by atoms with E-state index in [-0.39, 0.29) is 6.61 Å². The summed E-state index contributed by atoms with van der Waals surface area (Å²) in [5.74, 6) is 1.29. The molecule has 18 heavy (non-hydrogen) atoms. The van der Waals surface area contributed by atoms with Gasteiger partial charge in [0, 0.05) is 25.3 Å². The number of hydrogen-bond donors (Lipinski definition) is 2. The number of methoxy groups -OCH3 is 1. The lowest BCUT2D eigenvalue weighted by atomic mass is 9.95. The second-order valence-electron chi connectivity index (χ2n) is 5.22. The predicted molar refractivity (Wildman–Crippen MR) is 73.0 cm³/mol. The summed E-state index contributed by atoms with van der Waals surface area (Å²) in [7, 11) is 3.65. The summed E-state index contributed by atoms with van der Waals surface area (Å²) in [5.41, 5.74) is 6.85. The Kier molecular flexibility index (Phi) is 3.78. The van der Waals surface area contributed by atoms with E-state index in [9.17, 15) is 5.11 Å². The molecule has 0 aliphatic heterocycles. The highest BCUT2D eigenvalue weighted by Gasteiger charge is 2.42. The van der Waals surface area contributed by atoms with Gasteiger partial charge in [-0.2, -0.15) is 0 Å². The van der Waals surface area contributed by atoms with Crippen LogP contribution in [-0.2, 0) is 0 Å². The Bertz CT molecular complexity index is 407. The molecule has 0 bridgehead atoms. The van der Waals surface area contributed by atoms with Gasteiger partial charge in [0.05, 0.1) is 19.3 Å². The second kappa shape index (κ2) is 5.16. The molecular weight excluding hydrogens is 228 g/mol. The molecule has 0 aromatic heterocycles. The Morgan fingerprint density at radius 1 is 1.50 bits per heavy atom. The van der Waals surface area contributed by atoms with Gasteiger partial charge in [-0.3, -0.25) is 0 Å². The molecule has 0 heterocycles. The highest BCUT2D eigenvalue weighted by atomic mass is 16.5. The second-order valence-corrected chi connectivity index (χ2v) is 5.22. The number of aliphatic hydroxyl groups is 1. The predicted octanol–water partition coefficient (Wildman–Crippen LogP) is 1.23. The summed E-state index contributed by atoms with van der Waals surface area (Å²) >= 11 is 0. The van der Waals surface area contributed by atoms with Crippen molar-refractivity contribution >= 4 is 5.69 Å². The fraction of sp³-hybridized carbons (Fsp3) is 0.571. The van der Waals surface area contributed by atoms with Crippen molar-refractivity contribution in [3.63, 3.8) is 0 Å². The number of ether oxygens (including phenoxy) is 1. The van der Waals surface area contributed by atoms with E-state index < -0.39 is 5.54 Å². The van der Waals surface area contributed by atoms with Crippen LogP contribution in [0.15, 0.2) is 24.3 Å². The van der Waals surface area contributed by atoms with Gasteiger partial charge in [0.1, 0.15) is 5.75 Å². The van der Waals surface area contributed by atoms with E-state index in [4.69, 9.17) is 10.5 Å². The Hall–Kier alpha value is -1.26. The van der Waals surface area contributed by atoms with Crippen molar-refractivity contribution in [1.29, 1.82) is 0 Å². The largest absolute Gasteiger partial charge is 0.497 e. The maximum Gasteiger partial charge on any atom is 0.120 e. The zero-order chi connectivity index (χ0) is 13.2. The molecule has 0 radical (unpaired) electrons. The molecule has 1 unspecified atom stereocenters. The maximum atomic E-state index is 9.52. The van der Waals surface area contributed by atoms with Gasteiger partial charge < -0.3 is 20.5 Å². The average Bonchev–Trinajstić information content (AvgIpc) is 3.23. The van der Waals surface area contributed by atoms with Gasteiger partial charge in [0.2, 0.25) is 0 Å². The minimum Gasteiger partial charge on any atom is -0.497 e. The van der Waals surface area contributed by atoms with Crippen LogP contribution in [-0.4, -0.2) is 38.0 Å². The first-order chi connectivity index (χ1) is 8.59. The van der Waals surface area contributed by atoms with Crippen molar-refractivity contribution in [3.8, 4) is 5.75 Å². The van der Waals surface area contributed by atoms with Gasteiger partial charge in [-0.1, -0.05) is 6.07 Å². The van der Waals surface area contributed by atoms with Crippen molar-refractivity contribution in [2.24, 2.45) is 11.7 Å². The molecular formula is C14H22N2O2. The highest BCUT2D eigenvalue weighted by molar-refractivity contribution is 5.50. The number of nitrogens with zero attached hydrogens (tertiary/aromatic N) is 1. The van der Waals surface area contributed by atoms with Gasteiger partial charge in [-0.25, -0.2) is 0 Å². The Labute approximate surface area is 108 Å². The molecule has 4 nitrogen and oxygen atoms in total. The number of anilines is 1. The van der Waals surface area contributed by atoms with Crippen LogP contribution in [0.1, 0.15) is 12.8 Å². The highest BCUT2D eigenvalue weighted by Crippen LogP contribution is 2.38. The minimum atomic E-state index is -0.488. The zero-order valence-electron chi connectivity index (χ0n) is 11.1. The SMILES string of the molecule is COc1cccc(N(C)CC(N)(CO)C2CC2)c1. The van der Waals surface area contributed by atoms with E-state index >= 15 is 0 Å². The normalized spacial score (nSPS) is 18.2. The molecule has 1 fully saturated rings. The number of hydrogen-bond acceptors (Lipinski definition) is 4. The van der Waals surface area contributed by atoms with Crippen molar-refractivity contribution in [2.45, 2.75) is 18.4 Å². The van der Waals surface area contributed by atoms with Crippen LogP contribution in [0, 0.1) is 5.92 Å². The van der Waals surface area contributed by atoms with Crippen LogP contribution in [0.25, 0.3) is 0 Å². The first-order valence-corrected chi connectivity index (χ1v) is 6.34. The molecule has 1 aliphatic rings. The third kappa shape index (κ3) is 2.76. The summed E-state index contributed by atoms with van der Waals surface area (Å²) in [6, 6.07) is 7.87. The molecule has 1 aromatic rings. The number of rotatable bonds is 6. The summed E-state index contributed by atoms with van der Waals surface area (Å²) in [6.07, 6.45) is 2.26. The number of benzene rings is 1.